The minimum Gasteiger partial charge on any atom is -0.491 e. The van der Waals surface area contributed by atoms with E-state index in [0.29, 0.717) is 23.7 Å². The van der Waals surface area contributed by atoms with Crippen molar-refractivity contribution in [1.29, 1.82) is 0 Å². The molecule has 1 heterocycles. The van der Waals surface area contributed by atoms with Gasteiger partial charge >= 0.3 is 5.97 Å². The van der Waals surface area contributed by atoms with Crippen LogP contribution in [0.25, 0.3) is 0 Å². The summed E-state index contributed by atoms with van der Waals surface area (Å²) in [7, 11) is 0. The summed E-state index contributed by atoms with van der Waals surface area (Å²) in [6.45, 7) is 8.19. The van der Waals surface area contributed by atoms with E-state index >= 15 is 0 Å². The Kier molecular flexibility index (Phi) is 5.59. The predicted octanol–water partition coefficient (Wildman–Crippen LogP) is 5.44. The zero-order valence-electron chi connectivity index (χ0n) is 16.2. The van der Waals surface area contributed by atoms with E-state index in [-0.39, 0.29) is 17.8 Å². The van der Waals surface area contributed by atoms with Crippen molar-refractivity contribution in [2.45, 2.75) is 59.2 Å². The zero-order chi connectivity index (χ0) is 19.6. The van der Waals surface area contributed by atoms with E-state index in [1.54, 1.807) is 18.2 Å². The minimum atomic E-state index is -0.946. The van der Waals surface area contributed by atoms with Crippen molar-refractivity contribution in [1.82, 2.24) is 0 Å². The summed E-state index contributed by atoms with van der Waals surface area (Å²) >= 11 is 0. The average molecular weight is 370 g/mol. The van der Waals surface area contributed by atoms with E-state index in [1.807, 2.05) is 26.0 Å². The third-order valence-electron chi connectivity index (χ3n) is 4.82. The van der Waals surface area contributed by atoms with Gasteiger partial charge in [-0.15, -0.1) is 0 Å². The monoisotopic (exact) mass is 370 g/mol. The predicted molar refractivity (Wildman–Crippen MR) is 103 cm³/mol. The molecule has 0 saturated carbocycles. The van der Waals surface area contributed by atoms with Crippen LogP contribution >= 0.6 is 0 Å². The van der Waals surface area contributed by atoms with Gasteiger partial charge in [0.2, 0.25) is 0 Å². The standard InChI is InChI=1S/C22H26O5/c1-5-13(3)25-18-11-17-10-16-9-15(22(23)24)7-8-19(16)27-21(17)20(12-18)26-14(4)6-2/h7-9,11-14H,5-6,10H2,1-4H3,(H,23,24). The van der Waals surface area contributed by atoms with E-state index in [4.69, 9.17) is 14.2 Å². The molecule has 0 spiro atoms. The summed E-state index contributed by atoms with van der Waals surface area (Å²) in [6.07, 6.45) is 2.49. The molecule has 3 rings (SSSR count). The van der Waals surface area contributed by atoms with E-state index in [2.05, 4.69) is 13.8 Å². The fourth-order valence-corrected chi connectivity index (χ4v) is 2.92. The molecular formula is C22H26O5. The Morgan fingerprint density at radius 2 is 1.78 bits per heavy atom. The molecule has 5 heteroatoms. The number of benzene rings is 2. The van der Waals surface area contributed by atoms with Crippen LogP contribution in [0.4, 0.5) is 0 Å². The number of rotatable bonds is 7. The molecule has 144 valence electrons. The van der Waals surface area contributed by atoms with Crippen molar-refractivity contribution < 1.29 is 24.1 Å². The molecule has 1 N–H and O–H groups in total. The molecular weight excluding hydrogens is 344 g/mol. The van der Waals surface area contributed by atoms with Crippen molar-refractivity contribution >= 4 is 5.97 Å². The van der Waals surface area contributed by atoms with Crippen LogP contribution in [0.1, 0.15) is 62.0 Å². The molecule has 0 aromatic heterocycles. The van der Waals surface area contributed by atoms with E-state index in [1.165, 1.54) is 0 Å². The highest BCUT2D eigenvalue weighted by Gasteiger charge is 2.24. The Balaban J connectivity index is 2.01. The van der Waals surface area contributed by atoms with Gasteiger partial charge in [-0.3, -0.25) is 0 Å². The lowest BCUT2D eigenvalue weighted by atomic mass is 9.97. The highest BCUT2D eigenvalue weighted by molar-refractivity contribution is 5.88. The Morgan fingerprint density at radius 1 is 1.07 bits per heavy atom. The summed E-state index contributed by atoms with van der Waals surface area (Å²) in [5.41, 5.74) is 2.03. The van der Waals surface area contributed by atoms with Gasteiger partial charge in [0.1, 0.15) is 11.5 Å². The Bertz CT molecular complexity index is 843. The second-order valence-corrected chi connectivity index (χ2v) is 6.99. The van der Waals surface area contributed by atoms with E-state index in [0.717, 1.165) is 29.7 Å². The molecule has 2 unspecified atom stereocenters. The third kappa shape index (κ3) is 4.18. The van der Waals surface area contributed by atoms with Crippen molar-refractivity contribution in [3.63, 3.8) is 0 Å². The van der Waals surface area contributed by atoms with Crippen LogP contribution in [0.15, 0.2) is 30.3 Å². The Morgan fingerprint density at radius 3 is 2.44 bits per heavy atom. The molecule has 0 aliphatic carbocycles. The first-order valence-corrected chi connectivity index (χ1v) is 9.45. The van der Waals surface area contributed by atoms with E-state index < -0.39 is 5.97 Å². The molecule has 0 radical (unpaired) electrons. The lowest BCUT2D eigenvalue weighted by molar-refractivity contribution is 0.0696. The first kappa shape index (κ1) is 19.1. The molecule has 2 atom stereocenters. The summed E-state index contributed by atoms with van der Waals surface area (Å²) in [5, 5.41) is 9.24. The lowest BCUT2D eigenvalue weighted by Gasteiger charge is -2.26. The van der Waals surface area contributed by atoms with Gasteiger partial charge in [-0.05, 0) is 51.0 Å². The molecule has 2 aromatic rings. The second kappa shape index (κ2) is 7.91. The maximum absolute atomic E-state index is 11.3. The van der Waals surface area contributed by atoms with Crippen LogP contribution in [0, 0.1) is 0 Å². The fraction of sp³-hybridized carbons (Fsp3) is 0.409. The van der Waals surface area contributed by atoms with Crippen LogP contribution in [0.2, 0.25) is 0 Å². The topological polar surface area (TPSA) is 65.0 Å². The molecule has 0 amide bonds. The first-order valence-electron chi connectivity index (χ1n) is 9.45. The molecule has 0 fully saturated rings. The van der Waals surface area contributed by atoms with Gasteiger partial charge in [0.15, 0.2) is 11.5 Å². The third-order valence-corrected chi connectivity index (χ3v) is 4.82. The highest BCUT2D eigenvalue weighted by atomic mass is 16.5. The molecule has 5 nitrogen and oxygen atoms in total. The Hall–Kier alpha value is -2.69. The minimum absolute atomic E-state index is 0.0485. The number of carbonyl (C=O) groups is 1. The van der Waals surface area contributed by atoms with Crippen LogP contribution in [0.5, 0.6) is 23.0 Å². The summed E-state index contributed by atoms with van der Waals surface area (Å²) in [6, 6.07) is 8.77. The SMILES string of the molecule is CCC(C)Oc1cc2c(c(OC(C)CC)c1)Oc1ccc(C(=O)O)cc1C2. The van der Waals surface area contributed by atoms with Crippen LogP contribution in [-0.2, 0) is 6.42 Å². The van der Waals surface area contributed by atoms with Crippen LogP contribution in [0.3, 0.4) is 0 Å². The van der Waals surface area contributed by atoms with E-state index in [9.17, 15) is 9.90 Å². The second-order valence-electron chi connectivity index (χ2n) is 6.99. The maximum atomic E-state index is 11.3. The number of carboxylic acids is 1. The largest absolute Gasteiger partial charge is 0.491 e. The molecule has 0 saturated heterocycles. The fourth-order valence-electron chi connectivity index (χ4n) is 2.92. The molecule has 1 aliphatic rings. The number of hydrogen-bond acceptors (Lipinski definition) is 4. The quantitative estimate of drug-likeness (QED) is 0.600. The van der Waals surface area contributed by atoms with Crippen LogP contribution < -0.4 is 14.2 Å². The molecule has 2 aromatic carbocycles. The van der Waals surface area contributed by atoms with Crippen molar-refractivity contribution in [3.8, 4) is 23.0 Å². The summed E-state index contributed by atoms with van der Waals surface area (Å²) < 4.78 is 18.2. The number of ether oxygens (including phenoxy) is 3. The van der Waals surface area contributed by atoms with Gasteiger partial charge < -0.3 is 19.3 Å². The zero-order valence-corrected chi connectivity index (χ0v) is 16.2. The molecule has 1 aliphatic heterocycles. The lowest BCUT2D eigenvalue weighted by Crippen LogP contribution is -2.14. The Labute approximate surface area is 159 Å². The van der Waals surface area contributed by atoms with Gasteiger partial charge in [0, 0.05) is 23.6 Å². The van der Waals surface area contributed by atoms with Crippen molar-refractivity contribution in [2.24, 2.45) is 0 Å². The van der Waals surface area contributed by atoms with Gasteiger partial charge in [-0.2, -0.15) is 0 Å². The maximum Gasteiger partial charge on any atom is 0.335 e. The smallest absolute Gasteiger partial charge is 0.335 e. The van der Waals surface area contributed by atoms with Gasteiger partial charge in [-0.25, -0.2) is 4.79 Å². The van der Waals surface area contributed by atoms with Gasteiger partial charge in [-0.1, -0.05) is 13.8 Å². The van der Waals surface area contributed by atoms with Crippen molar-refractivity contribution in [2.75, 3.05) is 0 Å². The molecule has 27 heavy (non-hydrogen) atoms. The number of aromatic carboxylic acids is 1. The van der Waals surface area contributed by atoms with Gasteiger partial charge in [0.05, 0.1) is 17.8 Å². The number of fused-ring (bicyclic) bond motifs is 2. The summed E-state index contributed by atoms with van der Waals surface area (Å²) in [4.78, 5) is 11.3. The number of carboxylic acid groups (broad SMARTS) is 1. The summed E-state index contributed by atoms with van der Waals surface area (Å²) in [5.74, 6) is 1.80. The first-order chi connectivity index (χ1) is 12.9. The number of hydrogen-bond donors (Lipinski definition) is 1. The van der Waals surface area contributed by atoms with Crippen molar-refractivity contribution in [3.05, 3.63) is 47.0 Å². The average Bonchev–Trinajstić information content (AvgIpc) is 2.65. The van der Waals surface area contributed by atoms with Gasteiger partial charge in [0.25, 0.3) is 0 Å². The van der Waals surface area contributed by atoms with Crippen LogP contribution in [-0.4, -0.2) is 23.3 Å². The normalized spacial score (nSPS) is 14.4. The highest BCUT2D eigenvalue weighted by Crippen LogP contribution is 2.45. The molecule has 0 bridgehead atoms.